The van der Waals surface area contributed by atoms with Crippen LogP contribution < -0.4 is 333 Å². The van der Waals surface area contributed by atoms with Crippen LogP contribution in [0.2, 0.25) is 0 Å². The predicted octanol–water partition coefficient (Wildman–Crippen LogP) is -29.8. The number of benzene rings is 4. The van der Waals surface area contributed by atoms with Crippen LogP contribution in [0.3, 0.4) is 0 Å². The van der Waals surface area contributed by atoms with Crippen molar-refractivity contribution in [3.8, 4) is 17.2 Å². The number of rotatable bonds is 45. The number of hydrogen-bond donors (Lipinski definition) is 16. The number of amides is 8. The third-order valence-corrected chi connectivity index (χ3v) is 20.1. The van der Waals surface area contributed by atoms with E-state index in [0.717, 1.165) is 42.0 Å². The van der Waals surface area contributed by atoms with E-state index in [1.807, 2.05) is 6.92 Å². The van der Waals surface area contributed by atoms with Crippen molar-refractivity contribution >= 4 is 108 Å². The van der Waals surface area contributed by atoms with Gasteiger partial charge in [-0.2, -0.15) is 0 Å². The van der Waals surface area contributed by atoms with Crippen molar-refractivity contribution in [2.45, 2.75) is 78.1 Å². The molecule has 620 valence electrons. The van der Waals surface area contributed by atoms with E-state index in [4.69, 9.17) is 14.2 Å². The van der Waals surface area contributed by atoms with Gasteiger partial charge in [-0.3, -0.25) is 101 Å². The molecule has 0 aromatic heterocycles. The molecule has 0 aliphatic rings. The molecule has 4 rings (SSSR count). The topological polar surface area (TPSA) is 756 Å². The van der Waals surface area contributed by atoms with Crippen LogP contribution in [0, 0.1) is 6.92 Å². The van der Waals surface area contributed by atoms with Gasteiger partial charge in [0.25, 0.3) is 23.6 Å². The second-order valence-corrected chi connectivity index (χ2v) is 37.0. The Hall–Kier alpha value is 1.08. The number of aryl methyl sites for hydroxylation is 1. The van der Waals surface area contributed by atoms with E-state index in [1.165, 1.54) is 18.2 Å². The predicted molar refractivity (Wildman–Crippen MR) is 367 cm³/mol. The summed E-state index contributed by atoms with van der Waals surface area (Å²) in [5, 5.41) is 0. The van der Waals surface area contributed by atoms with Crippen molar-refractivity contribution in [1.82, 2.24) is 63.0 Å². The molecule has 8 unspecified atom stereocenters. The fourth-order valence-electron chi connectivity index (χ4n) is 9.75. The summed E-state index contributed by atoms with van der Waals surface area (Å²) in [5.41, 5.74) is 16.1. The number of hydrazine groups is 4. The van der Waals surface area contributed by atoms with Crippen LogP contribution >= 0.6 is 60.8 Å². The molecule has 4 aromatic rings. The molecule has 0 saturated heterocycles. The number of carbonyl (C=O) groups is 8. The van der Waals surface area contributed by atoms with Gasteiger partial charge in [-0.15, -0.1) is 0 Å². The van der Waals surface area contributed by atoms with Gasteiger partial charge in [0.15, 0.2) is 0 Å². The maximum absolute atomic E-state index is 13.8. The zero-order valence-corrected chi connectivity index (χ0v) is 89.4. The Balaban J connectivity index is -0.00000541. The fraction of sp³-hybridized carbons (Fsp3) is 0.429. The first-order valence-corrected chi connectivity index (χ1v) is 46.1. The summed E-state index contributed by atoms with van der Waals surface area (Å²) in [6.45, 7) is -1.52. The number of nitrogens with zero attached hydrogens (tertiary/aromatic N) is 4. The molecule has 63 heteroatoms. The number of carbonyl (C=O) groups excluding carboxylic acids is 8. The third-order valence-electron chi connectivity index (χ3n) is 14.0. The molecule has 16 N–H and O–H groups in total. The standard InChI is InChI=1S/C56H86N12O35P8.8Na/c1-38-10-12-46(13-11-38)101-29-41-22-47(102-27-39-18-42(53(73)61-57-49(69)6-2-14-65(30-104(77,78)79)31-105(80,81)82)24-43(19-39)54(74)62-58-50(70)7-3-15-66(32-106(83,84)85)33-107(86,87)88)26-48(23-41)103-28-40-20-44(55(75)63-59-51(71)8-4-16-67(34-108(89,90)91)35-109(92,93)94)25-45(21-40)56(76)64-60-52(72)9-5-17-68(36-110(95,96)97)37-111(98,99)100;;;;;;;;/h10-13,18-26H,2-9,14-17,27-37H2,1H3,(H,57,69)(H,58,70)(H,59,71)(H,60,72)(H,61,73)(H,62,74)(H,63,75)(H,64,76)(H2,77,78,79)(H2,80,81,82)(H2,83,84,85)(H2,86,87,88)(H2,89,90,91)(H2,92,93,94)(H2,95,96,97)(H2,98,99,100);;;;;;;;/q;8*+1/p-8. The molecule has 0 aliphatic carbocycles. The minimum absolute atomic E-state index is 0. The van der Waals surface area contributed by atoms with Crippen molar-refractivity contribution in [2.24, 2.45) is 0 Å². The van der Waals surface area contributed by atoms with E-state index in [0.29, 0.717) is 30.9 Å². The summed E-state index contributed by atoms with van der Waals surface area (Å²) >= 11 is 0. The first-order valence-electron chi connectivity index (χ1n) is 31.9. The van der Waals surface area contributed by atoms with Crippen LogP contribution in [0.25, 0.3) is 0 Å². The third kappa shape index (κ3) is 62.1. The molecule has 8 atom stereocenters. The number of ether oxygens (including phenoxy) is 3. The van der Waals surface area contributed by atoms with E-state index in [9.17, 15) is 153 Å². The normalized spacial score (nSPS) is 14.9. The zero-order chi connectivity index (χ0) is 83.5. The first kappa shape index (κ1) is 129. The van der Waals surface area contributed by atoms with Crippen LogP contribution in [0.1, 0.15) is 115 Å². The molecule has 119 heavy (non-hydrogen) atoms. The Labute approximate surface area is 858 Å². The molecule has 0 spiro atoms. The molecular weight excluding hydrogens is 1830 g/mol. The molecule has 0 heterocycles. The average Bonchev–Trinajstić information content (AvgIpc) is 0.831. The molecule has 47 nitrogen and oxygen atoms in total. The van der Waals surface area contributed by atoms with Crippen LogP contribution in [-0.2, 0) is 75.5 Å². The van der Waals surface area contributed by atoms with Gasteiger partial charge in [0, 0.05) is 54.0 Å². The quantitative estimate of drug-likeness (QED) is 0.0111. The van der Waals surface area contributed by atoms with Gasteiger partial charge in [-0.25, -0.2) is 0 Å². The molecular formula is C56H78N12Na8O35P8. The van der Waals surface area contributed by atoms with Gasteiger partial charge in [0.2, 0.25) is 23.6 Å². The Morgan fingerprint density at radius 2 is 0.487 bits per heavy atom. The second kappa shape index (κ2) is 60.9. The molecule has 4 aromatic carbocycles. The molecule has 8 amide bonds. The van der Waals surface area contributed by atoms with Crippen molar-refractivity contribution < 1.29 is 404 Å². The summed E-state index contributed by atoms with van der Waals surface area (Å²) < 4.78 is 110. The van der Waals surface area contributed by atoms with Gasteiger partial charge in [-0.1, -0.05) is 17.7 Å². The number of hydrogen-bond acceptors (Lipinski definition) is 31. The van der Waals surface area contributed by atoms with Crippen molar-refractivity contribution in [3.63, 3.8) is 0 Å². The summed E-state index contributed by atoms with van der Waals surface area (Å²) in [4.78, 5) is 275. The second-order valence-electron chi connectivity index (χ2n) is 24.6. The maximum Gasteiger partial charge on any atom is 1.00 e. The van der Waals surface area contributed by atoms with Crippen LogP contribution in [0.5, 0.6) is 17.2 Å². The molecule has 0 saturated carbocycles. The van der Waals surface area contributed by atoms with Crippen molar-refractivity contribution in [2.75, 3.05) is 76.5 Å². The SMILES string of the molecule is Cc1ccc(OCc2cc(OCc3cc(C(=O)NNC(=O)CCCN(CP(=O)([O-])O)CP(=O)([O-])O)cc(C(=O)NNC(=O)CCCN(CP(=O)([O-])O)CP(=O)([O-])O)c3)cc(OCc3cc(C(=O)NNC(=O)CCCN(CP(=O)([O-])O)CP(=O)([O-])O)cc(C(=O)NNC(=O)CCCN(CP(=O)([O-])O)CP(=O)([O-])O)c3)c2)cc1.[Na+].[Na+].[Na+].[Na+].[Na+].[Na+].[Na+].[Na+]. The minimum Gasteiger partial charge on any atom is -0.778 e. The van der Waals surface area contributed by atoms with Crippen LogP contribution in [0.15, 0.2) is 78.9 Å². The largest absolute Gasteiger partial charge is 1.00 e. The monoisotopic (exact) mass is 1910 g/mol. The first-order chi connectivity index (χ1) is 51.1. The van der Waals surface area contributed by atoms with Gasteiger partial charge < -0.3 is 129 Å². The maximum atomic E-state index is 13.8. The molecule has 0 radical (unpaired) electrons. The van der Waals surface area contributed by atoms with E-state index >= 15 is 0 Å². The summed E-state index contributed by atoms with van der Waals surface area (Å²) in [6, 6.07) is 17.6. The van der Waals surface area contributed by atoms with Gasteiger partial charge in [-0.05, 0) is 136 Å². The van der Waals surface area contributed by atoms with E-state index in [-0.39, 0.29) is 291 Å². The van der Waals surface area contributed by atoms with E-state index in [2.05, 4.69) is 43.4 Å². The Bertz CT molecular complexity index is 3820. The van der Waals surface area contributed by atoms with Gasteiger partial charge in [0.05, 0.1) is 50.3 Å². The number of nitrogens with one attached hydrogen (secondary N) is 8. The smallest absolute Gasteiger partial charge is 0.778 e. The molecule has 0 aliphatic heterocycles. The van der Waals surface area contributed by atoms with Crippen molar-refractivity contribution in [1.29, 1.82) is 0 Å². The van der Waals surface area contributed by atoms with Crippen LogP contribution in [-0.4, -0.2) is 182 Å². The summed E-state index contributed by atoms with van der Waals surface area (Å²) in [6.07, 6.45) is -13.2. The van der Waals surface area contributed by atoms with E-state index in [1.54, 1.807) is 24.3 Å². The molecule has 0 bridgehead atoms. The Morgan fingerprint density at radius 3 is 0.689 bits per heavy atom. The summed E-state index contributed by atoms with van der Waals surface area (Å²) in [7, 11) is -41.0. The van der Waals surface area contributed by atoms with Gasteiger partial charge in [0.1, 0.15) is 97.8 Å². The average molecular weight is 1910 g/mol. The fourth-order valence-corrected chi connectivity index (χ4v) is 16.4. The van der Waals surface area contributed by atoms with Crippen LogP contribution in [0.4, 0.5) is 0 Å². The molecule has 0 fully saturated rings. The zero-order valence-electron chi connectivity index (χ0n) is 66.2. The Kier molecular flexibility index (Phi) is 65.8. The summed E-state index contributed by atoms with van der Waals surface area (Å²) in [5.74, 6) is -8.10. The Morgan fingerprint density at radius 1 is 0.294 bits per heavy atom. The van der Waals surface area contributed by atoms with Gasteiger partial charge >= 0.3 is 236 Å². The minimum atomic E-state index is -5.12. The van der Waals surface area contributed by atoms with Crippen molar-refractivity contribution in [3.05, 3.63) is 123 Å². The van der Waals surface area contributed by atoms with E-state index < -0.39 is 246 Å².